The van der Waals surface area contributed by atoms with Crippen LogP contribution in [-0.2, 0) is 0 Å². The van der Waals surface area contributed by atoms with Gasteiger partial charge in [0.15, 0.2) is 0 Å². The molecule has 6 atom stereocenters. The zero-order valence-electron chi connectivity index (χ0n) is 11.0. The first-order chi connectivity index (χ1) is 7.43. The lowest BCUT2D eigenvalue weighted by Gasteiger charge is -2.43. The van der Waals surface area contributed by atoms with E-state index in [0.29, 0.717) is 11.3 Å². The lowest BCUT2D eigenvalue weighted by Crippen LogP contribution is -2.41. The Morgan fingerprint density at radius 1 is 1.38 bits per heavy atom. The summed E-state index contributed by atoms with van der Waals surface area (Å²) >= 11 is 0. The van der Waals surface area contributed by atoms with E-state index >= 15 is 0 Å². The average molecular weight is 220 g/mol. The van der Waals surface area contributed by atoms with Gasteiger partial charge in [0, 0.05) is 5.41 Å². The summed E-state index contributed by atoms with van der Waals surface area (Å²) in [6.07, 6.45) is 6.01. The molecule has 90 valence electrons. The second-order valence-corrected chi connectivity index (χ2v) is 6.81. The maximum Gasteiger partial charge on any atom is 0.0636 e. The van der Waals surface area contributed by atoms with Crippen molar-refractivity contribution >= 4 is 0 Å². The van der Waals surface area contributed by atoms with Crippen molar-refractivity contribution in [1.82, 2.24) is 0 Å². The van der Waals surface area contributed by atoms with E-state index in [-0.39, 0.29) is 11.5 Å². The van der Waals surface area contributed by atoms with Gasteiger partial charge in [-0.15, -0.1) is 0 Å². The van der Waals surface area contributed by atoms with Gasteiger partial charge >= 0.3 is 0 Å². The van der Waals surface area contributed by atoms with E-state index in [1.165, 1.54) is 18.4 Å². The fourth-order valence-corrected chi connectivity index (χ4v) is 5.51. The van der Waals surface area contributed by atoms with Gasteiger partial charge in [-0.1, -0.05) is 32.4 Å². The molecule has 0 heterocycles. The van der Waals surface area contributed by atoms with Crippen LogP contribution in [0.25, 0.3) is 0 Å². The third kappa shape index (κ3) is 0.895. The molecule has 1 heteroatoms. The highest BCUT2D eigenvalue weighted by molar-refractivity contribution is 5.33. The van der Waals surface area contributed by atoms with Gasteiger partial charge < -0.3 is 5.11 Å². The summed E-state index contributed by atoms with van der Waals surface area (Å²) in [4.78, 5) is 0. The first-order valence-electron chi connectivity index (χ1n) is 6.81. The lowest BCUT2D eigenvalue weighted by atomic mass is 9.61. The summed E-state index contributed by atoms with van der Waals surface area (Å²) < 4.78 is 0. The fourth-order valence-electron chi connectivity index (χ4n) is 5.51. The summed E-state index contributed by atoms with van der Waals surface area (Å²) in [6.45, 7) is 9.34. The van der Waals surface area contributed by atoms with Crippen molar-refractivity contribution in [3.05, 3.63) is 11.6 Å². The van der Waals surface area contributed by atoms with Gasteiger partial charge in [0.2, 0.25) is 0 Å². The highest BCUT2D eigenvalue weighted by atomic mass is 16.3. The van der Waals surface area contributed by atoms with Gasteiger partial charge in [-0.05, 0) is 49.4 Å². The van der Waals surface area contributed by atoms with Crippen LogP contribution in [0.4, 0.5) is 0 Å². The van der Waals surface area contributed by atoms with Crippen LogP contribution in [0.15, 0.2) is 11.6 Å². The van der Waals surface area contributed by atoms with E-state index in [9.17, 15) is 5.11 Å². The molecule has 0 aromatic heterocycles. The van der Waals surface area contributed by atoms with Crippen LogP contribution in [-0.4, -0.2) is 11.2 Å². The predicted molar refractivity (Wildman–Crippen MR) is 66.0 cm³/mol. The molecule has 0 amide bonds. The second kappa shape index (κ2) is 2.93. The van der Waals surface area contributed by atoms with Crippen molar-refractivity contribution in [2.45, 2.75) is 53.1 Å². The number of hydrogen-bond acceptors (Lipinski definition) is 1. The van der Waals surface area contributed by atoms with Crippen molar-refractivity contribution < 1.29 is 5.11 Å². The van der Waals surface area contributed by atoms with Crippen molar-refractivity contribution in [2.75, 3.05) is 0 Å². The molecule has 2 fully saturated rings. The van der Waals surface area contributed by atoms with Gasteiger partial charge in [-0.2, -0.15) is 0 Å². The second-order valence-electron chi connectivity index (χ2n) is 6.81. The zero-order valence-corrected chi connectivity index (χ0v) is 11.0. The average Bonchev–Trinajstić information content (AvgIpc) is 2.72. The molecule has 0 aromatic carbocycles. The number of hydrogen-bond donors (Lipinski definition) is 1. The summed E-state index contributed by atoms with van der Waals surface area (Å²) in [5, 5.41) is 10.5. The van der Waals surface area contributed by atoms with Crippen LogP contribution in [0.3, 0.4) is 0 Å². The Kier molecular flexibility index (Phi) is 1.98. The van der Waals surface area contributed by atoms with Crippen LogP contribution < -0.4 is 0 Å². The topological polar surface area (TPSA) is 20.2 Å². The monoisotopic (exact) mass is 220 g/mol. The van der Waals surface area contributed by atoms with Gasteiger partial charge in [-0.3, -0.25) is 0 Å². The van der Waals surface area contributed by atoms with Gasteiger partial charge in [0.25, 0.3) is 0 Å². The maximum absolute atomic E-state index is 10.5. The molecule has 1 N–H and O–H groups in total. The molecule has 3 rings (SSSR count). The predicted octanol–water partition coefficient (Wildman–Crippen LogP) is 3.39. The summed E-state index contributed by atoms with van der Waals surface area (Å²) in [6, 6.07) is 0. The van der Waals surface area contributed by atoms with E-state index in [2.05, 4.69) is 33.8 Å². The zero-order chi connectivity index (χ0) is 11.7. The van der Waals surface area contributed by atoms with E-state index in [1.54, 1.807) is 0 Å². The number of aliphatic hydroxyl groups excluding tert-OH is 1. The molecule has 1 spiro atoms. The Balaban J connectivity index is 2.15. The minimum atomic E-state index is -0.111. The molecule has 1 nitrogen and oxygen atoms in total. The quantitative estimate of drug-likeness (QED) is 0.620. The molecular weight excluding hydrogens is 196 g/mol. The fraction of sp³-hybridized carbons (Fsp3) is 0.867. The molecular formula is C15H24O. The van der Waals surface area contributed by atoms with Crippen LogP contribution in [0, 0.1) is 28.6 Å². The van der Waals surface area contributed by atoms with Gasteiger partial charge in [-0.25, -0.2) is 0 Å². The summed E-state index contributed by atoms with van der Waals surface area (Å²) in [7, 11) is 0. The Morgan fingerprint density at radius 2 is 2.06 bits per heavy atom. The molecule has 0 aliphatic heterocycles. The van der Waals surface area contributed by atoms with Crippen molar-refractivity contribution in [2.24, 2.45) is 28.6 Å². The minimum Gasteiger partial charge on any atom is -0.392 e. The third-order valence-corrected chi connectivity index (χ3v) is 6.52. The minimum absolute atomic E-state index is 0.0614. The van der Waals surface area contributed by atoms with Crippen LogP contribution in [0.2, 0.25) is 0 Å². The van der Waals surface area contributed by atoms with E-state index in [1.807, 2.05) is 0 Å². The van der Waals surface area contributed by atoms with Crippen LogP contribution >= 0.6 is 0 Å². The van der Waals surface area contributed by atoms with Crippen LogP contribution in [0.5, 0.6) is 0 Å². The van der Waals surface area contributed by atoms with Crippen molar-refractivity contribution in [3.63, 3.8) is 0 Å². The molecule has 0 radical (unpaired) electrons. The normalized spacial score (nSPS) is 59.7. The largest absolute Gasteiger partial charge is 0.392 e. The Bertz CT molecular complexity index is 358. The number of allylic oxidation sites excluding steroid dienone is 1. The first-order valence-corrected chi connectivity index (χ1v) is 6.81. The number of aliphatic hydroxyl groups is 1. The SMILES string of the molecule is CC1=C[C@@]2(C)[C@@H](O)C[C@@H]3[C@@H](C)CC[C@@]32C1C. The smallest absolute Gasteiger partial charge is 0.0636 e. The Hall–Kier alpha value is -0.300. The Morgan fingerprint density at radius 3 is 2.75 bits per heavy atom. The molecule has 0 saturated heterocycles. The van der Waals surface area contributed by atoms with Gasteiger partial charge in [0.1, 0.15) is 0 Å². The Labute approximate surface area is 98.9 Å². The molecule has 3 aliphatic carbocycles. The van der Waals surface area contributed by atoms with Crippen LogP contribution in [0.1, 0.15) is 47.0 Å². The van der Waals surface area contributed by atoms with Gasteiger partial charge in [0.05, 0.1) is 6.10 Å². The highest BCUT2D eigenvalue weighted by Crippen LogP contribution is 2.73. The molecule has 16 heavy (non-hydrogen) atoms. The van der Waals surface area contributed by atoms with E-state index in [4.69, 9.17) is 0 Å². The molecule has 3 aliphatic rings. The van der Waals surface area contributed by atoms with E-state index in [0.717, 1.165) is 18.3 Å². The molecule has 2 saturated carbocycles. The standard InChI is InChI=1S/C15H24O/c1-9-5-6-15-11(3)10(2)8-14(15,4)13(16)7-12(9)15/h8-9,11-13,16H,5-7H2,1-4H3/t9-,11?,12+,13-,14-,15+/m0/s1. The molecule has 0 aromatic rings. The number of rotatable bonds is 0. The van der Waals surface area contributed by atoms with E-state index < -0.39 is 0 Å². The summed E-state index contributed by atoms with van der Waals surface area (Å²) in [5.74, 6) is 2.22. The van der Waals surface area contributed by atoms with Crippen molar-refractivity contribution in [1.29, 1.82) is 0 Å². The summed E-state index contributed by atoms with van der Waals surface area (Å²) in [5.41, 5.74) is 1.96. The third-order valence-electron chi connectivity index (χ3n) is 6.52. The molecule has 0 bridgehead atoms. The molecule has 1 unspecified atom stereocenters. The maximum atomic E-state index is 10.5. The highest BCUT2D eigenvalue weighted by Gasteiger charge is 2.68. The van der Waals surface area contributed by atoms with Crippen molar-refractivity contribution in [3.8, 4) is 0 Å². The first kappa shape index (κ1) is 10.8. The lowest BCUT2D eigenvalue weighted by molar-refractivity contribution is 0.0115.